The molecule has 0 spiro atoms. The highest BCUT2D eigenvalue weighted by Crippen LogP contribution is 2.28. The van der Waals surface area contributed by atoms with Gasteiger partial charge in [-0.2, -0.15) is 0 Å². The lowest BCUT2D eigenvalue weighted by atomic mass is 10.1. The van der Waals surface area contributed by atoms with Gasteiger partial charge < -0.3 is 10.0 Å². The first-order valence-electron chi connectivity index (χ1n) is 5.97. The molecule has 5 nitrogen and oxygen atoms in total. The molecule has 0 saturated carbocycles. The third-order valence-corrected chi connectivity index (χ3v) is 3.92. The molecule has 98 valence electrons. The number of piperidine rings is 1. The van der Waals surface area contributed by atoms with Crippen LogP contribution in [0.1, 0.15) is 34.5 Å². The van der Waals surface area contributed by atoms with Crippen molar-refractivity contribution in [2.75, 3.05) is 18.4 Å². The van der Waals surface area contributed by atoms with Crippen molar-refractivity contribution in [3.63, 3.8) is 0 Å². The summed E-state index contributed by atoms with van der Waals surface area (Å²) < 4.78 is 0. The van der Waals surface area contributed by atoms with Gasteiger partial charge in [-0.05, 0) is 32.3 Å². The standard InChI is InChI=1S/C12H16N2O3S/c1-8-7-9(11(15)16)10(18-8)13-12(17)14-5-3-2-4-6-14/h7H,2-6H2,1H3,(H,13,17)(H,15,16). The van der Waals surface area contributed by atoms with Gasteiger partial charge in [0.1, 0.15) is 5.00 Å². The van der Waals surface area contributed by atoms with Crippen LogP contribution >= 0.6 is 11.3 Å². The quantitative estimate of drug-likeness (QED) is 0.866. The Balaban J connectivity index is 2.08. The Morgan fingerprint density at radius 1 is 1.33 bits per heavy atom. The van der Waals surface area contributed by atoms with Crippen molar-refractivity contribution in [2.45, 2.75) is 26.2 Å². The number of rotatable bonds is 2. The summed E-state index contributed by atoms with van der Waals surface area (Å²) in [5, 5.41) is 12.2. The number of carboxylic acid groups (broad SMARTS) is 1. The summed E-state index contributed by atoms with van der Waals surface area (Å²) in [4.78, 5) is 25.6. The average Bonchev–Trinajstić information content (AvgIpc) is 2.71. The first-order valence-corrected chi connectivity index (χ1v) is 6.79. The molecule has 2 amide bonds. The van der Waals surface area contributed by atoms with E-state index in [1.807, 2.05) is 6.92 Å². The fourth-order valence-electron chi connectivity index (χ4n) is 2.04. The molecule has 0 aromatic carbocycles. The first-order chi connectivity index (χ1) is 8.58. The molecule has 1 fully saturated rings. The average molecular weight is 268 g/mol. The third kappa shape index (κ3) is 2.81. The number of nitrogens with zero attached hydrogens (tertiary/aromatic N) is 1. The van der Waals surface area contributed by atoms with Crippen molar-refractivity contribution < 1.29 is 14.7 Å². The van der Waals surface area contributed by atoms with Crippen LogP contribution in [0.15, 0.2) is 6.07 Å². The molecule has 2 rings (SSSR count). The second-order valence-electron chi connectivity index (χ2n) is 4.38. The number of thiophene rings is 1. The second-order valence-corrected chi connectivity index (χ2v) is 5.64. The van der Waals surface area contributed by atoms with Crippen LogP contribution in [0.5, 0.6) is 0 Å². The van der Waals surface area contributed by atoms with Crippen LogP contribution in [0.25, 0.3) is 0 Å². The van der Waals surface area contributed by atoms with Crippen molar-refractivity contribution in [3.8, 4) is 0 Å². The van der Waals surface area contributed by atoms with E-state index in [1.54, 1.807) is 11.0 Å². The van der Waals surface area contributed by atoms with E-state index in [2.05, 4.69) is 5.32 Å². The molecule has 2 heterocycles. The normalized spacial score (nSPS) is 15.5. The minimum atomic E-state index is -1.01. The summed E-state index contributed by atoms with van der Waals surface area (Å²) in [5.74, 6) is -1.01. The van der Waals surface area contributed by atoms with Crippen molar-refractivity contribution in [1.82, 2.24) is 4.90 Å². The number of aromatic carboxylic acids is 1. The molecule has 1 aromatic rings. The molecule has 1 aliphatic rings. The largest absolute Gasteiger partial charge is 0.478 e. The Labute approximate surface area is 109 Å². The minimum absolute atomic E-state index is 0.169. The molecule has 2 N–H and O–H groups in total. The van der Waals surface area contributed by atoms with E-state index >= 15 is 0 Å². The molecule has 0 radical (unpaired) electrons. The van der Waals surface area contributed by atoms with Gasteiger partial charge in [0.2, 0.25) is 0 Å². The van der Waals surface area contributed by atoms with E-state index < -0.39 is 5.97 Å². The van der Waals surface area contributed by atoms with Crippen LogP contribution in [-0.4, -0.2) is 35.1 Å². The summed E-state index contributed by atoms with van der Waals surface area (Å²) in [5.41, 5.74) is 0.169. The van der Waals surface area contributed by atoms with Gasteiger partial charge in [-0.1, -0.05) is 0 Å². The maximum atomic E-state index is 12.0. The van der Waals surface area contributed by atoms with Crippen LogP contribution in [0.2, 0.25) is 0 Å². The zero-order chi connectivity index (χ0) is 13.1. The lowest BCUT2D eigenvalue weighted by Gasteiger charge is -2.26. The first kappa shape index (κ1) is 12.9. The van der Waals surface area contributed by atoms with Gasteiger partial charge in [0.25, 0.3) is 0 Å². The fraction of sp³-hybridized carbons (Fsp3) is 0.500. The van der Waals surface area contributed by atoms with Gasteiger partial charge in [-0.15, -0.1) is 11.3 Å². The SMILES string of the molecule is Cc1cc(C(=O)O)c(NC(=O)N2CCCCC2)s1. The molecule has 6 heteroatoms. The molecule has 0 bridgehead atoms. The zero-order valence-electron chi connectivity index (χ0n) is 10.2. The van der Waals surface area contributed by atoms with Crippen molar-refractivity contribution >= 4 is 28.3 Å². The van der Waals surface area contributed by atoms with Crippen LogP contribution in [-0.2, 0) is 0 Å². The predicted octanol–water partition coefficient (Wildman–Crippen LogP) is 2.77. The minimum Gasteiger partial charge on any atom is -0.478 e. The van der Waals surface area contributed by atoms with Crippen molar-refractivity contribution in [1.29, 1.82) is 0 Å². The van der Waals surface area contributed by atoms with Gasteiger partial charge in [-0.3, -0.25) is 5.32 Å². The summed E-state index contributed by atoms with van der Waals surface area (Å²) in [6, 6.07) is 1.39. The molecule has 0 atom stereocenters. The van der Waals surface area contributed by atoms with E-state index in [4.69, 9.17) is 5.11 Å². The Morgan fingerprint density at radius 3 is 2.61 bits per heavy atom. The number of amides is 2. The van der Waals surface area contributed by atoms with E-state index in [1.165, 1.54) is 11.3 Å². The topological polar surface area (TPSA) is 69.6 Å². The maximum absolute atomic E-state index is 12.0. The summed E-state index contributed by atoms with van der Waals surface area (Å²) in [7, 11) is 0. The number of anilines is 1. The summed E-state index contributed by atoms with van der Waals surface area (Å²) in [6.45, 7) is 3.32. The lowest BCUT2D eigenvalue weighted by Crippen LogP contribution is -2.38. The number of carbonyl (C=O) groups excluding carboxylic acids is 1. The maximum Gasteiger partial charge on any atom is 0.338 e. The predicted molar refractivity (Wildman–Crippen MR) is 70.5 cm³/mol. The Bertz CT molecular complexity index is 464. The number of carboxylic acids is 1. The number of nitrogens with one attached hydrogen (secondary N) is 1. The molecular weight excluding hydrogens is 252 g/mol. The van der Waals surface area contributed by atoms with Gasteiger partial charge in [0, 0.05) is 18.0 Å². The monoisotopic (exact) mass is 268 g/mol. The molecule has 18 heavy (non-hydrogen) atoms. The molecule has 1 aromatic heterocycles. The molecule has 1 aliphatic heterocycles. The second kappa shape index (κ2) is 5.39. The number of hydrogen-bond donors (Lipinski definition) is 2. The van der Waals surface area contributed by atoms with Gasteiger partial charge >= 0.3 is 12.0 Å². The van der Waals surface area contributed by atoms with Crippen molar-refractivity contribution in [2.24, 2.45) is 0 Å². The van der Waals surface area contributed by atoms with Crippen LogP contribution in [0, 0.1) is 6.92 Å². The Kier molecular flexibility index (Phi) is 3.86. The van der Waals surface area contributed by atoms with Crippen LogP contribution < -0.4 is 5.32 Å². The molecule has 0 aliphatic carbocycles. The van der Waals surface area contributed by atoms with Gasteiger partial charge in [0.05, 0.1) is 5.56 Å². The Morgan fingerprint density at radius 2 is 2.00 bits per heavy atom. The highest BCUT2D eigenvalue weighted by molar-refractivity contribution is 7.16. The highest BCUT2D eigenvalue weighted by atomic mass is 32.1. The number of hydrogen-bond acceptors (Lipinski definition) is 3. The number of aryl methyl sites for hydroxylation is 1. The number of carbonyl (C=O) groups is 2. The zero-order valence-corrected chi connectivity index (χ0v) is 11.0. The van der Waals surface area contributed by atoms with E-state index in [0.717, 1.165) is 37.2 Å². The smallest absolute Gasteiger partial charge is 0.338 e. The molecular formula is C12H16N2O3S. The summed E-state index contributed by atoms with van der Waals surface area (Å²) >= 11 is 1.30. The number of likely N-dealkylation sites (tertiary alicyclic amines) is 1. The fourth-order valence-corrected chi connectivity index (χ4v) is 2.93. The van der Waals surface area contributed by atoms with E-state index in [9.17, 15) is 9.59 Å². The Hall–Kier alpha value is -1.56. The van der Waals surface area contributed by atoms with Crippen LogP contribution in [0.4, 0.5) is 9.80 Å². The molecule has 1 saturated heterocycles. The van der Waals surface area contributed by atoms with Crippen molar-refractivity contribution in [3.05, 3.63) is 16.5 Å². The lowest BCUT2D eigenvalue weighted by molar-refractivity contribution is 0.0698. The van der Waals surface area contributed by atoms with E-state index in [0.29, 0.717) is 5.00 Å². The summed E-state index contributed by atoms with van der Waals surface area (Å²) in [6.07, 6.45) is 3.19. The van der Waals surface area contributed by atoms with Gasteiger partial charge in [0.15, 0.2) is 0 Å². The highest BCUT2D eigenvalue weighted by Gasteiger charge is 2.20. The van der Waals surface area contributed by atoms with Crippen LogP contribution in [0.3, 0.4) is 0 Å². The molecule has 0 unspecified atom stereocenters. The number of urea groups is 1. The van der Waals surface area contributed by atoms with Gasteiger partial charge in [-0.25, -0.2) is 9.59 Å². The third-order valence-electron chi connectivity index (χ3n) is 2.95. The van der Waals surface area contributed by atoms with E-state index in [-0.39, 0.29) is 11.6 Å².